The van der Waals surface area contributed by atoms with Gasteiger partial charge in [-0.25, -0.2) is 0 Å². The zero-order chi connectivity index (χ0) is 12.3. The lowest BCUT2D eigenvalue weighted by Crippen LogP contribution is -1.88. The van der Waals surface area contributed by atoms with E-state index in [4.69, 9.17) is 11.6 Å². The summed E-state index contributed by atoms with van der Waals surface area (Å²) in [7, 11) is 0. The van der Waals surface area contributed by atoms with E-state index >= 15 is 0 Å². The quantitative estimate of drug-likeness (QED) is 0.490. The molecule has 0 atom stereocenters. The Hall–Kier alpha value is -1.18. The van der Waals surface area contributed by atoms with Gasteiger partial charge in [-0.2, -0.15) is 0 Å². The molecule has 17 heavy (non-hydrogen) atoms. The molecule has 0 aliphatic carbocycles. The second kappa shape index (κ2) is 5.44. The van der Waals surface area contributed by atoms with Crippen LogP contribution in [-0.2, 0) is 5.75 Å². The van der Waals surface area contributed by atoms with Crippen LogP contribution in [0.2, 0.25) is 4.47 Å². The van der Waals surface area contributed by atoms with Crippen molar-refractivity contribution < 1.29 is 4.92 Å². The molecule has 1 aromatic heterocycles. The summed E-state index contributed by atoms with van der Waals surface area (Å²) in [6, 6.07) is 6.44. The fraction of sp³-hybridized carbons (Fsp3) is 0.111. The maximum Gasteiger partial charge on any atom is 0.269 e. The molecule has 0 aliphatic heterocycles. The summed E-state index contributed by atoms with van der Waals surface area (Å²) in [6.45, 7) is 0. The van der Waals surface area contributed by atoms with Gasteiger partial charge < -0.3 is 0 Å². The van der Waals surface area contributed by atoms with Crippen LogP contribution in [0.25, 0.3) is 0 Å². The minimum Gasteiger partial charge on any atom is -0.258 e. The molecule has 8 heteroatoms. The van der Waals surface area contributed by atoms with Crippen molar-refractivity contribution in [2.24, 2.45) is 0 Å². The van der Waals surface area contributed by atoms with Crippen LogP contribution in [0.4, 0.5) is 5.69 Å². The first-order chi connectivity index (χ1) is 8.15. The zero-order valence-corrected chi connectivity index (χ0v) is 10.8. The lowest BCUT2D eigenvalue weighted by molar-refractivity contribution is -0.384. The van der Waals surface area contributed by atoms with Gasteiger partial charge in [0.05, 0.1) is 4.92 Å². The topological polar surface area (TPSA) is 68.9 Å². The largest absolute Gasteiger partial charge is 0.269 e. The summed E-state index contributed by atoms with van der Waals surface area (Å²) >= 11 is 8.47. The summed E-state index contributed by atoms with van der Waals surface area (Å²) in [5.41, 5.74) is 1.09. The summed E-state index contributed by atoms with van der Waals surface area (Å²) in [5.74, 6) is 0.684. The average Bonchev–Trinajstić information content (AvgIpc) is 2.73. The first-order valence-electron chi connectivity index (χ1n) is 4.50. The summed E-state index contributed by atoms with van der Waals surface area (Å²) in [5, 5.41) is 18.0. The maximum absolute atomic E-state index is 10.5. The van der Waals surface area contributed by atoms with Crippen molar-refractivity contribution in [2.45, 2.75) is 10.1 Å². The van der Waals surface area contributed by atoms with Gasteiger partial charge in [0.1, 0.15) is 0 Å². The number of aromatic nitrogens is 2. The van der Waals surface area contributed by atoms with Crippen LogP contribution in [0.15, 0.2) is 28.6 Å². The molecule has 0 saturated carbocycles. The number of hydrogen-bond donors (Lipinski definition) is 0. The van der Waals surface area contributed by atoms with E-state index < -0.39 is 4.92 Å². The average molecular weight is 288 g/mol. The highest BCUT2D eigenvalue weighted by Gasteiger charge is 2.06. The molecular weight excluding hydrogens is 282 g/mol. The standard InChI is InChI=1S/C9H6ClN3O2S2/c10-8-11-12-9(17-8)16-5-6-1-3-7(4-2-6)13(14)15/h1-4H,5H2. The van der Waals surface area contributed by atoms with E-state index in [1.807, 2.05) is 0 Å². The second-order valence-electron chi connectivity index (χ2n) is 3.03. The van der Waals surface area contributed by atoms with Crippen LogP contribution in [0.3, 0.4) is 0 Å². The third kappa shape index (κ3) is 3.39. The van der Waals surface area contributed by atoms with Crippen LogP contribution in [0, 0.1) is 10.1 Å². The molecule has 0 bridgehead atoms. The normalized spacial score (nSPS) is 10.4. The first kappa shape index (κ1) is 12.3. The fourth-order valence-corrected chi connectivity index (χ4v) is 3.04. The van der Waals surface area contributed by atoms with Crippen molar-refractivity contribution >= 4 is 40.4 Å². The van der Waals surface area contributed by atoms with E-state index in [0.29, 0.717) is 10.2 Å². The predicted molar refractivity (Wildman–Crippen MR) is 67.6 cm³/mol. The number of non-ortho nitro benzene ring substituents is 1. The summed E-state index contributed by atoms with van der Waals surface area (Å²) in [6.07, 6.45) is 0. The Kier molecular flexibility index (Phi) is 3.93. The molecule has 5 nitrogen and oxygen atoms in total. The fourth-order valence-electron chi connectivity index (χ4n) is 1.11. The van der Waals surface area contributed by atoms with Crippen molar-refractivity contribution in [1.29, 1.82) is 0 Å². The van der Waals surface area contributed by atoms with Crippen LogP contribution >= 0.6 is 34.7 Å². The van der Waals surface area contributed by atoms with Gasteiger partial charge in [-0.1, -0.05) is 35.2 Å². The highest BCUT2D eigenvalue weighted by Crippen LogP contribution is 2.28. The van der Waals surface area contributed by atoms with Crippen molar-refractivity contribution in [3.05, 3.63) is 44.4 Å². The van der Waals surface area contributed by atoms with Crippen LogP contribution in [-0.4, -0.2) is 15.1 Å². The Bertz CT molecular complexity index is 529. The number of halogens is 1. The van der Waals surface area contributed by atoms with E-state index in [0.717, 1.165) is 9.90 Å². The smallest absolute Gasteiger partial charge is 0.258 e. The number of nitro benzene ring substituents is 1. The molecule has 2 rings (SSSR count). The molecule has 2 aromatic rings. The number of benzene rings is 1. The van der Waals surface area contributed by atoms with E-state index in [1.165, 1.54) is 35.2 Å². The Labute approximate surface area is 110 Å². The predicted octanol–water partition coefficient (Wildman–Crippen LogP) is 3.39. The number of hydrogen-bond acceptors (Lipinski definition) is 6. The lowest BCUT2D eigenvalue weighted by Gasteiger charge is -1.97. The highest BCUT2D eigenvalue weighted by molar-refractivity contribution is 8.00. The molecule has 0 fully saturated rings. The first-order valence-corrected chi connectivity index (χ1v) is 6.68. The van der Waals surface area contributed by atoms with Crippen molar-refractivity contribution in [1.82, 2.24) is 10.2 Å². The molecule has 0 unspecified atom stereocenters. The van der Waals surface area contributed by atoms with Crippen molar-refractivity contribution in [2.75, 3.05) is 0 Å². The third-order valence-corrected chi connectivity index (χ3v) is 4.11. The SMILES string of the molecule is O=[N+]([O-])c1ccc(CSc2nnc(Cl)s2)cc1. The second-order valence-corrected chi connectivity index (χ2v) is 5.82. The van der Waals surface area contributed by atoms with Gasteiger partial charge >= 0.3 is 0 Å². The molecule has 0 spiro atoms. The Morgan fingerprint density at radius 2 is 2.06 bits per heavy atom. The number of nitrogens with zero attached hydrogens (tertiary/aromatic N) is 3. The van der Waals surface area contributed by atoms with Gasteiger partial charge in [0.25, 0.3) is 5.69 Å². The molecule has 1 aromatic carbocycles. The lowest BCUT2D eigenvalue weighted by atomic mass is 10.2. The molecule has 0 N–H and O–H groups in total. The van der Waals surface area contributed by atoms with Gasteiger partial charge in [-0.15, -0.1) is 10.2 Å². The monoisotopic (exact) mass is 287 g/mol. The molecule has 0 radical (unpaired) electrons. The molecule has 0 aliphatic rings. The summed E-state index contributed by atoms with van der Waals surface area (Å²) in [4.78, 5) is 10.0. The molecule has 1 heterocycles. The molecular formula is C9H6ClN3O2S2. The van der Waals surface area contributed by atoms with Crippen LogP contribution in [0.5, 0.6) is 0 Å². The van der Waals surface area contributed by atoms with Crippen LogP contribution < -0.4 is 0 Å². The Morgan fingerprint density at radius 1 is 1.35 bits per heavy atom. The van der Waals surface area contributed by atoms with Gasteiger partial charge in [0.15, 0.2) is 4.34 Å². The van der Waals surface area contributed by atoms with E-state index in [-0.39, 0.29) is 5.69 Å². The Balaban J connectivity index is 1.97. The van der Waals surface area contributed by atoms with E-state index in [2.05, 4.69) is 10.2 Å². The van der Waals surface area contributed by atoms with Crippen LogP contribution in [0.1, 0.15) is 5.56 Å². The van der Waals surface area contributed by atoms with Crippen molar-refractivity contribution in [3.8, 4) is 0 Å². The van der Waals surface area contributed by atoms with Gasteiger partial charge in [0, 0.05) is 17.9 Å². The minimum absolute atomic E-state index is 0.0951. The highest BCUT2D eigenvalue weighted by atomic mass is 35.5. The number of rotatable bonds is 4. The maximum atomic E-state index is 10.5. The van der Waals surface area contributed by atoms with Crippen molar-refractivity contribution in [3.63, 3.8) is 0 Å². The Morgan fingerprint density at radius 3 is 2.59 bits per heavy atom. The summed E-state index contributed by atoms with van der Waals surface area (Å²) < 4.78 is 1.20. The zero-order valence-electron chi connectivity index (χ0n) is 8.37. The molecule has 0 amide bonds. The van der Waals surface area contributed by atoms with Gasteiger partial charge in [-0.05, 0) is 17.2 Å². The van der Waals surface area contributed by atoms with E-state index in [1.54, 1.807) is 12.1 Å². The molecule has 88 valence electrons. The number of nitro groups is 1. The minimum atomic E-state index is -0.415. The van der Waals surface area contributed by atoms with E-state index in [9.17, 15) is 10.1 Å². The number of thioether (sulfide) groups is 1. The van der Waals surface area contributed by atoms with Gasteiger partial charge in [-0.3, -0.25) is 10.1 Å². The third-order valence-electron chi connectivity index (χ3n) is 1.89. The molecule has 0 saturated heterocycles. The van der Waals surface area contributed by atoms with Gasteiger partial charge in [0.2, 0.25) is 4.47 Å².